The van der Waals surface area contributed by atoms with Crippen molar-refractivity contribution in [1.82, 2.24) is 15.3 Å². The van der Waals surface area contributed by atoms with Crippen molar-refractivity contribution in [2.45, 2.75) is 39.2 Å². The molecule has 1 aliphatic rings. The molecule has 122 valence electrons. The van der Waals surface area contributed by atoms with Crippen LogP contribution >= 0.6 is 11.6 Å². The van der Waals surface area contributed by atoms with E-state index in [1.807, 2.05) is 20.8 Å². The van der Waals surface area contributed by atoms with E-state index >= 15 is 0 Å². The number of nitrogens with zero attached hydrogens (tertiary/aromatic N) is 3. The van der Waals surface area contributed by atoms with E-state index in [1.165, 1.54) is 0 Å². The topological polar surface area (TPSA) is 67.3 Å². The molecule has 1 saturated heterocycles. The third kappa shape index (κ3) is 5.33. The molecule has 7 heteroatoms. The summed E-state index contributed by atoms with van der Waals surface area (Å²) in [5, 5.41) is 3.37. The molecule has 22 heavy (non-hydrogen) atoms. The quantitative estimate of drug-likeness (QED) is 0.925. The number of alkyl carbamates (subject to hydrolysis) is 1. The molecule has 0 unspecified atom stereocenters. The Morgan fingerprint density at radius 1 is 1.45 bits per heavy atom. The summed E-state index contributed by atoms with van der Waals surface area (Å²) in [5.74, 6) is 1.05. The van der Waals surface area contributed by atoms with Gasteiger partial charge in [-0.2, -0.15) is 0 Å². The van der Waals surface area contributed by atoms with Crippen molar-refractivity contribution in [2.75, 3.05) is 24.5 Å². The summed E-state index contributed by atoms with van der Waals surface area (Å²) in [5.41, 5.74) is -0.472. The third-order valence-electron chi connectivity index (χ3n) is 3.34. The van der Waals surface area contributed by atoms with Gasteiger partial charge in [0, 0.05) is 19.6 Å². The molecule has 1 fully saturated rings. The van der Waals surface area contributed by atoms with Gasteiger partial charge in [-0.25, -0.2) is 14.8 Å². The Balaban J connectivity index is 1.83. The zero-order valence-electron chi connectivity index (χ0n) is 13.3. The van der Waals surface area contributed by atoms with Crippen molar-refractivity contribution in [1.29, 1.82) is 0 Å². The molecule has 0 saturated carbocycles. The van der Waals surface area contributed by atoms with E-state index in [0.717, 1.165) is 25.9 Å². The first-order valence-corrected chi connectivity index (χ1v) is 7.90. The molecule has 0 bridgehead atoms. The second-order valence-corrected chi connectivity index (χ2v) is 6.97. The lowest BCUT2D eigenvalue weighted by molar-refractivity contribution is 0.0517. The Labute approximate surface area is 136 Å². The molecule has 1 N–H and O–H groups in total. The van der Waals surface area contributed by atoms with Gasteiger partial charge in [-0.3, -0.25) is 0 Å². The summed E-state index contributed by atoms with van der Waals surface area (Å²) in [6.07, 6.45) is 4.96. The Morgan fingerprint density at radius 3 is 2.77 bits per heavy atom. The van der Waals surface area contributed by atoms with Crippen molar-refractivity contribution in [3.05, 3.63) is 17.4 Å². The number of ether oxygens (including phenoxy) is 1. The summed E-state index contributed by atoms with van der Waals surface area (Å²) < 4.78 is 5.25. The van der Waals surface area contributed by atoms with Crippen LogP contribution in [0.2, 0.25) is 5.02 Å². The number of amides is 1. The number of anilines is 1. The fourth-order valence-corrected chi connectivity index (χ4v) is 2.52. The number of hydrogen-bond donors (Lipinski definition) is 1. The first-order valence-electron chi connectivity index (χ1n) is 7.53. The maximum Gasteiger partial charge on any atom is 0.407 e. The van der Waals surface area contributed by atoms with Crippen LogP contribution < -0.4 is 10.2 Å². The maximum atomic E-state index is 11.7. The highest BCUT2D eigenvalue weighted by atomic mass is 35.5. The molecule has 1 aromatic heterocycles. The minimum Gasteiger partial charge on any atom is -0.444 e. The fourth-order valence-electron chi connectivity index (χ4n) is 2.42. The smallest absolute Gasteiger partial charge is 0.407 e. The van der Waals surface area contributed by atoms with E-state index in [1.54, 1.807) is 12.4 Å². The van der Waals surface area contributed by atoms with Crippen molar-refractivity contribution >= 4 is 23.6 Å². The Bertz CT molecular complexity index is 501. The van der Waals surface area contributed by atoms with E-state index in [4.69, 9.17) is 16.3 Å². The van der Waals surface area contributed by atoms with Crippen LogP contribution in [0.25, 0.3) is 0 Å². The van der Waals surface area contributed by atoms with Crippen molar-refractivity contribution in [2.24, 2.45) is 5.92 Å². The van der Waals surface area contributed by atoms with Gasteiger partial charge in [0.2, 0.25) is 5.95 Å². The van der Waals surface area contributed by atoms with Crippen LogP contribution in [0, 0.1) is 5.92 Å². The Kier molecular flexibility index (Phi) is 5.45. The van der Waals surface area contributed by atoms with Gasteiger partial charge >= 0.3 is 6.09 Å². The number of nitrogens with one attached hydrogen (secondary N) is 1. The summed E-state index contributed by atoms with van der Waals surface area (Å²) >= 11 is 5.81. The molecule has 0 spiro atoms. The predicted octanol–water partition coefficient (Wildman–Crippen LogP) is 2.87. The van der Waals surface area contributed by atoms with Crippen molar-refractivity contribution in [3.63, 3.8) is 0 Å². The van der Waals surface area contributed by atoms with Gasteiger partial charge in [0.1, 0.15) is 5.60 Å². The fraction of sp³-hybridized carbons (Fsp3) is 0.667. The molecule has 1 atom stereocenters. The van der Waals surface area contributed by atoms with Crippen LogP contribution in [0.1, 0.15) is 33.6 Å². The second-order valence-electron chi connectivity index (χ2n) is 6.54. The first-order chi connectivity index (χ1) is 10.3. The van der Waals surface area contributed by atoms with Crippen LogP contribution in [0.5, 0.6) is 0 Å². The zero-order valence-corrected chi connectivity index (χ0v) is 14.1. The number of rotatable bonds is 3. The Hall–Kier alpha value is -1.56. The molecular formula is C15H23ClN4O2. The summed E-state index contributed by atoms with van der Waals surface area (Å²) in [6, 6.07) is 0. The van der Waals surface area contributed by atoms with Crippen molar-refractivity contribution in [3.8, 4) is 0 Å². The number of aromatic nitrogens is 2. The number of carbonyl (C=O) groups excluding carboxylic acids is 1. The molecular weight excluding hydrogens is 304 g/mol. The molecule has 0 aliphatic carbocycles. The standard InChI is InChI=1S/C15H23ClN4O2/c1-15(2,3)22-14(21)19-7-11-5-4-6-20(10-11)13-17-8-12(16)9-18-13/h8-9,11H,4-7,10H2,1-3H3,(H,19,21)/t11-/m1/s1. The highest BCUT2D eigenvalue weighted by Gasteiger charge is 2.23. The summed E-state index contributed by atoms with van der Waals surface area (Å²) in [6.45, 7) is 7.90. The van der Waals surface area contributed by atoms with Crippen LogP contribution in [0.3, 0.4) is 0 Å². The highest BCUT2D eigenvalue weighted by Crippen LogP contribution is 2.20. The molecule has 1 aromatic rings. The van der Waals surface area contributed by atoms with Gasteiger partial charge in [-0.05, 0) is 39.5 Å². The van der Waals surface area contributed by atoms with Crippen molar-refractivity contribution < 1.29 is 9.53 Å². The van der Waals surface area contributed by atoms with Gasteiger partial charge in [0.05, 0.1) is 17.4 Å². The second kappa shape index (κ2) is 7.13. The lowest BCUT2D eigenvalue weighted by atomic mass is 9.98. The zero-order chi connectivity index (χ0) is 16.2. The SMILES string of the molecule is CC(C)(C)OC(=O)NC[C@H]1CCCN(c2ncc(Cl)cn2)C1. The van der Waals surface area contributed by atoms with Crippen LogP contribution in [-0.4, -0.2) is 41.3 Å². The Morgan fingerprint density at radius 2 is 2.14 bits per heavy atom. The van der Waals surface area contributed by atoms with Crippen LogP contribution in [0.4, 0.5) is 10.7 Å². The van der Waals surface area contributed by atoms with Gasteiger partial charge in [0.25, 0.3) is 0 Å². The van der Waals surface area contributed by atoms with E-state index in [2.05, 4.69) is 20.2 Å². The minimum atomic E-state index is -0.472. The van der Waals surface area contributed by atoms with Crippen LogP contribution in [0.15, 0.2) is 12.4 Å². The average molecular weight is 327 g/mol. The predicted molar refractivity (Wildman–Crippen MR) is 86.2 cm³/mol. The first kappa shape index (κ1) is 16.8. The third-order valence-corrected chi connectivity index (χ3v) is 3.54. The van der Waals surface area contributed by atoms with E-state index in [0.29, 0.717) is 23.4 Å². The van der Waals surface area contributed by atoms with Gasteiger partial charge < -0.3 is 15.0 Å². The van der Waals surface area contributed by atoms with Gasteiger partial charge in [-0.1, -0.05) is 11.6 Å². The number of carbonyl (C=O) groups is 1. The molecule has 0 radical (unpaired) electrons. The van der Waals surface area contributed by atoms with E-state index in [-0.39, 0.29) is 6.09 Å². The number of hydrogen-bond acceptors (Lipinski definition) is 5. The lowest BCUT2D eigenvalue weighted by Crippen LogP contribution is -2.42. The van der Waals surface area contributed by atoms with Gasteiger partial charge in [-0.15, -0.1) is 0 Å². The number of halogens is 1. The molecule has 6 nitrogen and oxygen atoms in total. The highest BCUT2D eigenvalue weighted by molar-refractivity contribution is 6.30. The molecule has 0 aromatic carbocycles. The van der Waals surface area contributed by atoms with E-state index in [9.17, 15) is 4.79 Å². The van der Waals surface area contributed by atoms with Gasteiger partial charge in [0.15, 0.2) is 0 Å². The largest absolute Gasteiger partial charge is 0.444 e. The maximum absolute atomic E-state index is 11.7. The minimum absolute atomic E-state index is 0.362. The molecule has 1 amide bonds. The van der Waals surface area contributed by atoms with E-state index < -0.39 is 5.60 Å². The summed E-state index contributed by atoms with van der Waals surface area (Å²) in [7, 11) is 0. The normalized spacial score (nSPS) is 18.9. The average Bonchev–Trinajstić information content (AvgIpc) is 2.44. The lowest BCUT2D eigenvalue weighted by Gasteiger charge is -2.33. The molecule has 2 rings (SSSR count). The molecule has 1 aliphatic heterocycles. The number of piperidine rings is 1. The van der Waals surface area contributed by atoms with Crippen LogP contribution in [-0.2, 0) is 4.74 Å². The monoisotopic (exact) mass is 326 g/mol. The molecule has 2 heterocycles. The summed E-state index contributed by atoms with van der Waals surface area (Å²) in [4.78, 5) is 22.3.